The van der Waals surface area contributed by atoms with Crippen LogP contribution in [0.15, 0.2) is 48.5 Å². The summed E-state index contributed by atoms with van der Waals surface area (Å²) in [5, 5.41) is 2.33. The molecule has 1 heterocycles. The Kier molecular flexibility index (Phi) is 6.26. The van der Waals surface area contributed by atoms with Crippen molar-refractivity contribution in [3.8, 4) is 0 Å². The molecule has 6 nitrogen and oxygen atoms in total. The molecule has 2 amide bonds. The number of amides is 2. The molecule has 0 radical (unpaired) electrons. The van der Waals surface area contributed by atoms with Crippen molar-refractivity contribution in [3.63, 3.8) is 0 Å². The Balaban J connectivity index is 1.47. The zero-order valence-electron chi connectivity index (χ0n) is 14.9. The number of nitrogens with one attached hydrogen (secondary N) is 1. The summed E-state index contributed by atoms with van der Waals surface area (Å²) in [7, 11) is 0. The number of hydrogen-bond acceptors (Lipinski definition) is 4. The Morgan fingerprint density at radius 2 is 1.96 bits per heavy atom. The molecule has 146 valence electrons. The minimum Gasteiger partial charge on any atom is -0.455 e. The maximum absolute atomic E-state index is 13.1. The maximum atomic E-state index is 13.1. The zero-order chi connectivity index (χ0) is 20.1. The standard InChI is InChI=1S/C20H18ClFN2O4/c21-16-9-15(6-7-17(16)22)23-18(25)12-28-20(27)14-8-19(26)24(11-14)10-13-4-2-1-3-5-13/h1-7,9,14H,8,10-12H2,(H,23,25)/t14-/m0/s1. The van der Waals surface area contributed by atoms with Crippen molar-refractivity contribution in [3.05, 3.63) is 64.9 Å². The van der Waals surface area contributed by atoms with Gasteiger partial charge in [0.25, 0.3) is 5.91 Å². The third-order valence-corrected chi connectivity index (χ3v) is 4.60. The monoisotopic (exact) mass is 404 g/mol. The lowest BCUT2D eigenvalue weighted by Gasteiger charge is -2.16. The van der Waals surface area contributed by atoms with Crippen LogP contribution in [0.3, 0.4) is 0 Å². The zero-order valence-corrected chi connectivity index (χ0v) is 15.6. The van der Waals surface area contributed by atoms with Gasteiger partial charge in [-0.05, 0) is 23.8 Å². The molecule has 1 aliphatic rings. The Hall–Kier alpha value is -2.93. The minimum absolute atomic E-state index is 0.0564. The topological polar surface area (TPSA) is 75.7 Å². The molecule has 1 saturated heterocycles. The van der Waals surface area contributed by atoms with Crippen molar-refractivity contribution < 1.29 is 23.5 Å². The molecule has 3 rings (SSSR count). The van der Waals surface area contributed by atoms with Gasteiger partial charge in [-0.3, -0.25) is 14.4 Å². The maximum Gasteiger partial charge on any atom is 0.311 e. The molecule has 2 aromatic carbocycles. The second kappa shape index (κ2) is 8.84. The largest absolute Gasteiger partial charge is 0.455 e. The summed E-state index contributed by atoms with van der Waals surface area (Å²) in [6.45, 7) is 0.175. The van der Waals surface area contributed by atoms with E-state index >= 15 is 0 Å². The SMILES string of the molecule is O=C(COC(=O)[C@H]1CC(=O)N(Cc2ccccc2)C1)Nc1ccc(F)c(Cl)c1. The van der Waals surface area contributed by atoms with Crippen LogP contribution in [0, 0.1) is 11.7 Å². The number of likely N-dealkylation sites (tertiary alicyclic amines) is 1. The second-order valence-electron chi connectivity index (χ2n) is 6.45. The van der Waals surface area contributed by atoms with Gasteiger partial charge in [-0.1, -0.05) is 41.9 Å². The number of rotatable bonds is 6. The van der Waals surface area contributed by atoms with E-state index in [2.05, 4.69) is 5.32 Å². The Labute approximate surface area is 166 Å². The summed E-state index contributed by atoms with van der Waals surface area (Å²) >= 11 is 5.65. The van der Waals surface area contributed by atoms with E-state index < -0.39 is 30.2 Å². The number of nitrogens with zero attached hydrogens (tertiary/aromatic N) is 1. The van der Waals surface area contributed by atoms with E-state index in [4.69, 9.17) is 16.3 Å². The summed E-state index contributed by atoms with van der Waals surface area (Å²) in [6.07, 6.45) is 0.0564. The van der Waals surface area contributed by atoms with Gasteiger partial charge in [0.05, 0.1) is 10.9 Å². The number of carbonyl (C=O) groups is 3. The smallest absolute Gasteiger partial charge is 0.311 e. The highest BCUT2D eigenvalue weighted by molar-refractivity contribution is 6.31. The number of anilines is 1. The third kappa shape index (κ3) is 5.07. The average Bonchev–Trinajstić information content (AvgIpc) is 3.04. The lowest BCUT2D eigenvalue weighted by Crippen LogP contribution is -2.28. The molecule has 0 unspecified atom stereocenters. The Bertz CT molecular complexity index is 891. The highest BCUT2D eigenvalue weighted by Gasteiger charge is 2.35. The number of esters is 1. The highest BCUT2D eigenvalue weighted by atomic mass is 35.5. The first-order chi connectivity index (χ1) is 13.4. The summed E-state index contributed by atoms with van der Waals surface area (Å²) in [6, 6.07) is 13.2. The van der Waals surface area contributed by atoms with Gasteiger partial charge in [0.1, 0.15) is 5.82 Å². The predicted octanol–water partition coefficient (Wildman–Crippen LogP) is 3.01. The van der Waals surface area contributed by atoms with E-state index in [0.29, 0.717) is 6.54 Å². The quantitative estimate of drug-likeness (QED) is 0.751. The first kappa shape index (κ1) is 19.8. The fraction of sp³-hybridized carbons (Fsp3) is 0.250. The van der Waals surface area contributed by atoms with Crippen molar-refractivity contribution >= 4 is 35.1 Å². The molecule has 0 bridgehead atoms. The van der Waals surface area contributed by atoms with E-state index in [-0.39, 0.29) is 29.6 Å². The molecule has 28 heavy (non-hydrogen) atoms. The normalized spacial score (nSPS) is 16.1. The van der Waals surface area contributed by atoms with Crippen molar-refractivity contribution in [2.45, 2.75) is 13.0 Å². The summed E-state index contributed by atoms with van der Waals surface area (Å²) < 4.78 is 18.1. The molecule has 0 saturated carbocycles. The van der Waals surface area contributed by atoms with Gasteiger partial charge in [0.2, 0.25) is 5.91 Å². The molecule has 2 aromatic rings. The predicted molar refractivity (Wildman–Crippen MR) is 101 cm³/mol. The van der Waals surface area contributed by atoms with E-state index in [1.165, 1.54) is 12.1 Å². The number of ether oxygens (including phenoxy) is 1. The van der Waals surface area contributed by atoms with Crippen molar-refractivity contribution in [2.24, 2.45) is 5.92 Å². The van der Waals surface area contributed by atoms with Gasteiger partial charge in [0.15, 0.2) is 6.61 Å². The lowest BCUT2D eigenvalue weighted by atomic mass is 10.1. The van der Waals surface area contributed by atoms with Crippen molar-refractivity contribution in [2.75, 3.05) is 18.5 Å². The fourth-order valence-electron chi connectivity index (χ4n) is 2.91. The molecule has 1 atom stereocenters. The highest BCUT2D eigenvalue weighted by Crippen LogP contribution is 2.22. The van der Waals surface area contributed by atoms with Gasteiger partial charge in [-0.25, -0.2) is 4.39 Å². The Morgan fingerprint density at radius 3 is 2.68 bits per heavy atom. The van der Waals surface area contributed by atoms with Gasteiger partial charge in [-0.2, -0.15) is 0 Å². The van der Waals surface area contributed by atoms with Gasteiger partial charge >= 0.3 is 5.97 Å². The number of halogens is 2. The molecule has 0 aromatic heterocycles. The van der Waals surface area contributed by atoms with Crippen LogP contribution in [0.5, 0.6) is 0 Å². The first-order valence-electron chi connectivity index (χ1n) is 8.65. The van der Waals surface area contributed by atoms with Crippen LogP contribution in [0.2, 0.25) is 5.02 Å². The van der Waals surface area contributed by atoms with E-state index in [1.807, 2.05) is 30.3 Å². The summed E-state index contributed by atoms with van der Waals surface area (Å²) in [4.78, 5) is 37.8. The van der Waals surface area contributed by atoms with Crippen LogP contribution in [0.25, 0.3) is 0 Å². The molecular formula is C20H18ClFN2O4. The van der Waals surface area contributed by atoms with E-state index in [9.17, 15) is 18.8 Å². The number of benzene rings is 2. The van der Waals surface area contributed by atoms with Gasteiger partial charge in [-0.15, -0.1) is 0 Å². The summed E-state index contributed by atoms with van der Waals surface area (Å²) in [5.41, 5.74) is 1.26. The molecule has 1 aliphatic heterocycles. The first-order valence-corrected chi connectivity index (χ1v) is 9.03. The van der Waals surface area contributed by atoms with Crippen molar-refractivity contribution in [1.82, 2.24) is 4.90 Å². The van der Waals surface area contributed by atoms with Crippen LogP contribution in [0.1, 0.15) is 12.0 Å². The molecule has 1 fully saturated rings. The molecule has 0 aliphatic carbocycles. The van der Waals surface area contributed by atoms with E-state index in [1.54, 1.807) is 4.90 Å². The minimum atomic E-state index is -0.607. The van der Waals surface area contributed by atoms with E-state index in [0.717, 1.165) is 11.6 Å². The Morgan fingerprint density at radius 1 is 1.21 bits per heavy atom. The lowest BCUT2D eigenvalue weighted by molar-refractivity contribution is -0.151. The molecular weight excluding hydrogens is 387 g/mol. The summed E-state index contributed by atoms with van der Waals surface area (Å²) in [5.74, 6) is -2.52. The average molecular weight is 405 g/mol. The number of hydrogen-bond donors (Lipinski definition) is 1. The van der Waals surface area contributed by atoms with Crippen molar-refractivity contribution in [1.29, 1.82) is 0 Å². The second-order valence-corrected chi connectivity index (χ2v) is 6.85. The molecule has 1 N–H and O–H groups in total. The van der Waals surface area contributed by atoms with Crippen LogP contribution in [-0.4, -0.2) is 35.8 Å². The third-order valence-electron chi connectivity index (χ3n) is 4.31. The van der Waals surface area contributed by atoms with Crippen LogP contribution in [0.4, 0.5) is 10.1 Å². The van der Waals surface area contributed by atoms with Crippen LogP contribution in [-0.2, 0) is 25.7 Å². The molecule has 8 heteroatoms. The van der Waals surface area contributed by atoms with Gasteiger partial charge < -0.3 is 15.0 Å². The number of carbonyl (C=O) groups excluding carboxylic acids is 3. The van der Waals surface area contributed by atoms with Crippen LogP contribution < -0.4 is 5.32 Å². The van der Waals surface area contributed by atoms with Gasteiger partial charge in [0, 0.05) is 25.2 Å². The fourth-order valence-corrected chi connectivity index (χ4v) is 3.09. The molecule has 0 spiro atoms. The van der Waals surface area contributed by atoms with Crippen LogP contribution >= 0.6 is 11.6 Å².